The molecule has 2 rings (SSSR count). The van der Waals surface area contributed by atoms with Crippen molar-refractivity contribution in [2.24, 2.45) is 0 Å². The van der Waals surface area contributed by atoms with Crippen molar-refractivity contribution in [1.82, 2.24) is 5.32 Å². The monoisotopic (exact) mass is 323 g/mol. The van der Waals surface area contributed by atoms with Gasteiger partial charge in [-0.25, -0.2) is 4.39 Å². The van der Waals surface area contributed by atoms with Gasteiger partial charge >= 0.3 is 6.18 Å². The summed E-state index contributed by atoms with van der Waals surface area (Å²) in [6.45, 7) is 0.717. The summed E-state index contributed by atoms with van der Waals surface area (Å²) in [5.41, 5.74) is -0.864. The summed E-state index contributed by atoms with van der Waals surface area (Å²) < 4.78 is 51.4. The molecule has 0 spiro atoms. The van der Waals surface area contributed by atoms with Crippen LogP contribution in [0.5, 0.6) is 0 Å². The van der Waals surface area contributed by atoms with Gasteiger partial charge in [-0.1, -0.05) is 17.7 Å². The van der Waals surface area contributed by atoms with Crippen LogP contribution in [0.1, 0.15) is 16.0 Å². The van der Waals surface area contributed by atoms with Crippen molar-refractivity contribution in [1.29, 1.82) is 0 Å². The van der Waals surface area contributed by atoms with Crippen LogP contribution in [-0.4, -0.2) is 0 Å². The van der Waals surface area contributed by atoms with Crippen molar-refractivity contribution in [2.75, 3.05) is 0 Å². The lowest BCUT2D eigenvalue weighted by molar-refractivity contribution is -0.140. The Morgan fingerprint density at radius 3 is 2.45 bits per heavy atom. The van der Waals surface area contributed by atoms with Crippen LogP contribution in [0.2, 0.25) is 4.34 Å². The number of halogens is 5. The molecule has 0 fully saturated rings. The van der Waals surface area contributed by atoms with Gasteiger partial charge in [0.15, 0.2) is 0 Å². The molecule has 1 aromatic carbocycles. The molecule has 0 aliphatic heterocycles. The van der Waals surface area contributed by atoms with Gasteiger partial charge in [0.25, 0.3) is 0 Å². The van der Waals surface area contributed by atoms with Gasteiger partial charge in [0.2, 0.25) is 0 Å². The van der Waals surface area contributed by atoms with Crippen molar-refractivity contribution in [3.05, 3.63) is 56.5 Å². The maximum absolute atomic E-state index is 13.1. The van der Waals surface area contributed by atoms with E-state index >= 15 is 0 Å². The van der Waals surface area contributed by atoms with Crippen LogP contribution in [-0.2, 0) is 19.3 Å². The lowest BCUT2D eigenvalue weighted by atomic mass is 10.1. The largest absolute Gasteiger partial charge is 0.419 e. The first kappa shape index (κ1) is 15.3. The average molecular weight is 324 g/mol. The molecule has 0 saturated carbocycles. The quantitative estimate of drug-likeness (QED) is 0.793. The van der Waals surface area contributed by atoms with Gasteiger partial charge in [0.1, 0.15) is 5.82 Å². The number of alkyl halides is 3. The highest BCUT2D eigenvalue weighted by Gasteiger charge is 2.34. The highest BCUT2D eigenvalue weighted by molar-refractivity contribution is 7.16. The van der Waals surface area contributed by atoms with E-state index in [2.05, 4.69) is 5.32 Å². The molecule has 0 atom stereocenters. The summed E-state index contributed by atoms with van der Waals surface area (Å²) in [5.74, 6) is -1.26. The second kappa shape index (κ2) is 6.11. The predicted molar refractivity (Wildman–Crippen MR) is 71.3 cm³/mol. The van der Waals surface area contributed by atoms with Crippen molar-refractivity contribution in [3.8, 4) is 0 Å². The minimum atomic E-state index is -4.68. The van der Waals surface area contributed by atoms with E-state index in [4.69, 9.17) is 11.6 Å². The zero-order valence-corrected chi connectivity index (χ0v) is 11.7. The summed E-state index contributed by atoms with van der Waals surface area (Å²) >= 11 is 7.16. The molecule has 0 aliphatic rings. The maximum Gasteiger partial charge on any atom is 0.419 e. The Hall–Kier alpha value is -1.11. The molecule has 1 nitrogen and oxygen atoms in total. The summed E-state index contributed by atoms with van der Waals surface area (Å²) in [7, 11) is 0. The Labute approximate surface area is 122 Å². The summed E-state index contributed by atoms with van der Waals surface area (Å²) in [4.78, 5) is 0.980. The van der Waals surface area contributed by atoms with E-state index in [1.165, 1.54) is 17.4 Å². The molecule has 7 heteroatoms. The summed E-state index contributed by atoms with van der Waals surface area (Å²) in [6, 6.07) is 6.58. The molecular formula is C13H10ClF4NS. The zero-order valence-electron chi connectivity index (χ0n) is 10.1. The van der Waals surface area contributed by atoms with E-state index < -0.39 is 17.6 Å². The third kappa shape index (κ3) is 3.94. The van der Waals surface area contributed by atoms with Gasteiger partial charge in [0, 0.05) is 18.0 Å². The molecule has 0 saturated heterocycles. The lowest BCUT2D eigenvalue weighted by Gasteiger charge is -2.10. The van der Waals surface area contributed by atoms with Gasteiger partial charge in [-0.15, -0.1) is 11.3 Å². The van der Waals surface area contributed by atoms with Crippen LogP contribution in [0.4, 0.5) is 17.6 Å². The number of rotatable bonds is 4. The number of nitrogens with one attached hydrogen (secondary N) is 1. The molecular weight excluding hydrogens is 314 g/mol. The Bertz CT molecular complexity index is 594. The smallest absolute Gasteiger partial charge is 0.308 e. The van der Waals surface area contributed by atoms with Crippen LogP contribution in [0.25, 0.3) is 0 Å². The van der Waals surface area contributed by atoms with Gasteiger partial charge in [-0.3, -0.25) is 0 Å². The molecule has 108 valence electrons. The fourth-order valence-corrected chi connectivity index (χ4v) is 2.73. The third-order valence-electron chi connectivity index (χ3n) is 2.59. The van der Waals surface area contributed by atoms with E-state index in [-0.39, 0.29) is 6.54 Å². The molecule has 1 heterocycles. The van der Waals surface area contributed by atoms with Crippen LogP contribution in [0, 0.1) is 5.82 Å². The van der Waals surface area contributed by atoms with Gasteiger partial charge in [0.05, 0.1) is 9.90 Å². The summed E-state index contributed by atoms with van der Waals surface area (Å²) in [5, 5.41) is 2.99. The Morgan fingerprint density at radius 1 is 1.10 bits per heavy atom. The van der Waals surface area contributed by atoms with E-state index in [0.717, 1.165) is 17.0 Å². The van der Waals surface area contributed by atoms with Crippen molar-refractivity contribution in [2.45, 2.75) is 19.3 Å². The van der Waals surface area contributed by atoms with Crippen molar-refractivity contribution < 1.29 is 17.6 Å². The van der Waals surface area contributed by atoms with Gasteiger partial charge in [-0.05, 0) is 29.8 Å². The highest BCUT2D eigenvalue weighted by atomic mass is 35.5. The van der Waals surface area contributed by atoms with Crippen LogP contribution in [0.3, 0.4) is 0 Å². The van der Waals surface area contributed by atoms with E-state index in [1.54, 1.807) is 6.07 Å². The minimum absolute atomic E-state index is 0.221. The molecule has 0 amide bonds. The first-order valence-electron chi connectivity index (χ1n) is 5.67. The topological polar surface area (TPSA) is 12.0 Å². The number of thiophene rings is 1. The molecule has 0 unspecified atom stereocenters. The molecule has 20 heavy (non-hydrogen) atoms. The van der Waals surface area contributed by atoms with E-state index in [0.29, 0.717) is 16.4 Å². The normalized spacial score (nSPS) is 11.8. The highest BCUT2D eigenvalue weighted by Crippen LogP contribution is 2.31. The second-order valence-corrected chi connectivity index (χ2v) is 5.92. The average Bonchev–Trinajstić information content (AvgIpc) is 2.76. The first-order valence-corrected chi connectivity index (χ1v) is 6.86. The Morgan fingerprint density at radius 2 is 1.85 bits per heavy atom. The second-order valence-electron chi connectivity index (χ2n) is 4.12. The number of hydrogen-bond acceptors (Lipinski definition) is 2. The fourth-order valence-electron chi connectivity index (χ4n) is 1.68. The number of hydrogen-bond donors (Lipinski definition) is 1. The van der Waals surface area contributed by atoms with Gasteiger partial charge in [-0.2, -0.15) is 13.2 Å². The summed E-state index contributed by atoms with van der Waals surface area (Å²) in [6.07, 6.45) is -4.68. The Balaban J connectivity index is 2.00. The standard InChI is InChI=1S/C13H10ClF4NS/c14-12-4-2-9(20-12)7-19-6-8-1-3-11(15)10(5-8)13(16,17)18/h1-5,19H,6-7H2. The van der Waals surface area contributed by atoms with Crippen LogP contribution in [0.15, 0.2) is 30.3 Å². The van der Waals surface area contributed by atoms with Crippen molar-refractivity contribution in [3.63, 3.8) is 0 Å². The van der Waals surface area contributed by atoms with Crippen LogP contribution >= 0.6 is 22.9 Å². The number of benzene rings is 1. The van der Waals surface area contributed by atoms with E-state index in [9.17, 15) is 17.6 Å². The van der Waals surface area contributed by atoms with Gasteiger partial charge < -0.3 is 5.32 Å². The SMILES string of the molecule is Fc1ccc(CNCc2ccc(Cl)s2)cc1C(F)(F)F. The lowest BCUT2D eigenvalue weighted by Crippen LogP contribution is -2.14. The fraction of sp³-hybridized carbons (Fsp3) is 0.231. The maximum atomic E-state index is 13.1. The predicted octanol–water partition coefficient (Wildman–Crippen LogP) is 4.85. The molecule has 2 aromatic rings. The third-order valence-corrected chi connectivity index (χ3v) is 3.82. The minimum Gasteiger partial charge on any atom is -0.308 e. The molecule has 0 bridgehead atoms. The molecule has 1 aromatic heterocycles. The Kier molecular flexibility index (Phi) is 4.67. The molecule has 0 radical (unpaired) electrons. The first-order chi connectivity index (χ1) is 9.36. The van der Waals surface area contributed by atoms with Crippen molar-refractivity contribution >= 4 is 22.9 Å². The molecule has 1 N–H and O–H groups in total. The van der Waals surface area contributed by atoms with E-state index in [1.807, 2.05) is 6.07 Å². The van der Waals surface area contributed by atoms with Crippen LogP contribution < -0.4 is 5.32 Å². The molecule has 0 aliphatic carbocycles. The zero-order chi connectivity index (χ0) is 14.8.